The minimum absolute atomic E-state index is 0.372. The lowest BCUT2D eigenvalue weighted by molar-refractivity contribution is 0.116. The highest BCUT2D eigenvalue weighted by Crippen LogP contribution is 2.44. The van der Waals surface area contributed by atoms with Crippen LogP contribution in [0.1, 0.15) is 53.0 Å². The molecule has 1 fully saturated rings. The summed E-state index contributed by atoms with van der Waals surface area (Å²) in [6, 6.07) is 12.9. The fraction of sp³-hybridized carbons (Fsp3) is 0.240. The molecule has 0 spiro atoms. The van der Waals surface area contributed by atoms with E-state index in [1.165, 1.54) is 0 Å². The lowest BCUT2D eigenvalue weighted by atomic mass is 9.84. The predicted octanol–water partition coefficient (Wildman–Crippen LogP) is 4.18. The number of fused-ring (bicyclic) bond motifs is 1. The molecule has 164 valence electrons. The number of H-pyrrole nitrogens is 1. The van der Waals surface area contributed by atoms with Gasteiger partial charge in [-0.05, 0) is 68.7 Å². The van der Waals surface area contributed by atoms with E-state index in [1.54, 1.807) is 30.6 Å². The van der Waals surface area contributed by atoms with E-state index in [9.17, 15) is 5.11 Å². The quantitative estimate of drug-likeness (QED) is 0.423. The van der Waals surface area contributed by atoms with Crippen molar-refractivity contribution in [1.82, 2.24) is 30.3 Å². The zero-order chi connectivity index (χ0) is 22.6. The second-order valence-electron chi connectivity index (χ2n) is 8.55. The van der Waals surface area contributed by atoms with Crippen molar-refractivity contribution >= 4 is 11.0 Å². The third-order valence-corrected chi connectivity index (χ3v) is 6.26. The molecule has 1 atom stereocenters. The first kappa shape index (κ1) is 19.8. The van der Waals surface area contributed by atoms with Crippen molar-refractivity contribution in [2.24, 2.45) is 0 Å². The smallest absolute Gasteiger partial charge is 0.178 e. The Balaban J connectivity index is 1.70. The van der Waals surface area contributed by atoms with Gasteiger partial charge >= 0.3 is 0 Å². The monoisotopic (exact) mass is 438 g/mol. The van der Waals surface area contributed by atoms with Crippen LogP contribution in [0.5, 0.6) is 0 Å². The zero-order valence-electron chi connectivity index (χ0n) is 18.3. The van der Waals surface area contributed by atoms with E-state index in [0.29, 0.717) is 34.1 Å². The molecule has 8 nitrogen and oxygen atoms in total. The summed E-state index contributed by atoms with van der Waals surface area (Å²) in [4.78, 5) is 12.9. The number of rotatable bonds is 5. The average Bonchev–Trinajstić information content (AvgIpc) is 3.53. The van der Waals surface area contributed by atoms with E-state index in [0.717, 1.165) is 41.0 Å². The van der Waals surface area contributed by atoms with Gasteiger partial charge in [0.1, 0.15) is 17.3 Å². The van der Waals surface area contributed by atoms with Gasteiger partial charge in [-0.2, -0.15) is 10.2 Å². The summed E-state index contributed by atoms with van der Waals surface area (Å²) in [6.07, 6.45) is 5.46. The first-order valence-corrected chi connectivity index (χ1v) is 10.9. The summed E-state index contributed by atoms with van der Waals surface area (Å²) < 4.78 is 5.44. The Morgan fingerprint density at radius 2 is 1.91 bits per heavy atom. The normalized spacial score (nSPS) is 15.6. The van der Waals surface area contributed by atoms with Crippen LogP contribution >= 0.6 is 0 Å². The Labute approximate surface area is 189 Å². The number of benzene rings is 1. The number of aromatic amines is 1. The molecule has 8 heteroatoms. The van der Waals surface area contributed by atoms with Gasteiger partial charge in [-0.3, -0.25) is 4.98 Å². The molecule has 0 radical (unpaired) electrons. The molecule has 0 saturated heterocycles. The Bertz CT molecular complexity index is 1400. The SMILES string of the molecule is Cc1noc(C)c1-c1cc(C(O)(c2ccccn2)c2cccnn2)c2nc(C3CC3)[nH]c2c1. The molecule has 1 unspecified atom stereocenters. The van der Waals surface area contributed by atoms with Crippen molar-refractivity contribution in [3.05, 3.63) is 89.1 Å². The summed E-state index contributed by atoms with van der Waals surface area (Å²) in [6.45, 7) is 3.79. The zero-order valence-corrected chi connectivity index (χ0v) is 18.3. The fourth-order valence-electron chi connectivity index (χ4n) is 4.48. The highest BCUT2D eigenvalue weighted by molar-refractivity contribution is 5.88. The van der Waals surface area contributed by atoms with Gasteiger partial charge in [-0.25, -0.2) is 4.98 Å². The molecule has 0 bridgehead atoms. The second kappa shape index (κ2) is 7.31. The molecule has 4 aromatic heterocycles. The molecule has 6 rings (SSSR count). The van der Waals surface area contributed by atoms with Crippen molar-refractivity contribution in [1.29, 1.82) is 0 Å². The number of hydrogen-bond donors (Lipinski definition) is 2. The van der Waals surface area contributed by atoms with E-state index < -0.39 is 5.60 Å². The van der Waals surface area contributed by atoms with Gasteiger partial charge in [0.25, 0.3) is 0 Å². The summed E-state index contributed by atoms with van der Waals surface area (Å²) >= 11 is 0. The van der Waals surface area contributed by atoms with Crippen LogP contribution < -0.4 is 0 Å². The molecule has 5 aromatic rings. The van der Waals surface area contributed by atoms with E-state index in [1.807, 2.05) is 38.1 Å². The molecular weight excluding hydrogens is 416 g/mol. The minimum atomic E-state index is -1.67. The second-order valence-corrected chi connectivity index (χ2v) is 8.55. The van der Waals surface area contributed by atoms with Gasteiger partial charge in [0.15, 0.2) is 5.60 Å². The van der Waals surface area contributed by atoms with Crippen LogP contribution in [0.15, 0.2) is 59.4 Å². The Morgan fingerprint density at radius 3 is 2.58 bits per heavy atom. The van der Waals surface area contributed by atoms with Gasteiger partial charge < -0.3 is 14.6 Å². The van der Waals surface area contributed by atoms with E-state index in [-0.39, 0.29) is 0 Å². The first-order chi connectivity index (χ1) is 16.1. The Hall–Kier alpha value is -3.91. The van der Waals surface area contributed by atoms with E-state index in [4.69, 9.17) is 9.51 Å². The Kier molecular flexibility index (Phi) is 4.38. The molecule has 1 aliphatic carbocycles. The minimum Gasteiger partial charge on any atom is -0.373 e. The summed E-state index contributed by atoms with van der Waals surface area (Å²) in [7, 11) is 0. The highest BCUT2D eigenvalue weighted by atomic mass is 16.5. The van der Waals surface area contributed by atoms with E-state index >= 15 is 0 Å². The summed E-state index contributed by atoms with van der Waals surface area (Å²) in [5, 5.41) is 24.8. The standard InChI is InChI=1S/C25H22N6O2/c1-14-22(15(2)33-31-14)17-12-18(23-19(13-17)28-24(29-23)16-8-9-16)25(32,20-6-3-4-10-26-20)21-7-5-11-27-30-21/h3-7,10-13,16,32H,8-9H2,1-2H3,(H,28,29). The molecule has 0 amide bonds. The van der Waals surface area contributed by atoms with Crippen LogP contribution in [-0.4, -0.2) is 35.4 Å². The fourth-order valence-corrected chi connectivity index (χ4v) is 4.48. The van der Waals surface area contributed by atoms with Gasteiger partial charge in [0, 0.05) is 29.4 Å². The summed E-state index contributed by atoms with van der Waals surface area (Å²) in [5.74, 6) is 2.07. The third-order valence-electron chi connectivity index (χ3n) is 6.26. The number of nitrogens with zero attached hydrogens (tertiary/aromatic N) is 5. The molecule has 4 heterocycles. The van der Waals surface area contributed by atoms with Crippen LogP contribution in [0.2, 0.25) is 0 Å². The van der Waals surface area contributed by atoms with Gasteiger partial charge in [0.2, 0.25) is 0 Å². The average molecular weight is 438 g/mol. The van der Waals surface area contributed by atoms with Gasteiger partial charge in [-0.15, -0.1) is 0 Å². The first-order valence-electron chi connectivity index (χ1n) is 10.9. The number of aryl methyl sites for hydroxylation is 2. The Morgan fingerprint density at radius 1 is 1.06 bits per heavy atom. The summed E-state index contributed by atoms with van der Waals surface area (Å²) in [5.41, 5.74) is 3.79. The molecule has 1 aliphatic rings. The number of aromatic nitrogens is 6. The maximum atomic E-state index is 12.4. The van der Waals surface area contributed by atoms with Crippen LogP contribution in [0, 0.1) is 13.8 Å². The molecule has 33 heavy (non-hydrogen) atoms. The number of pyridine rings is 1. The maximum Gasteiger partial charge on any atom is 0.178 e. The van der Waals surface area contributed by atoms with Gasteiger partial charge in [0.05, 0.1) is 22.4 Å². The molecule has 2 N–H and O–H groups in total. The molecule has 1 saturated carbocycles. The largest absolute Gasteiger partial charge is 0.373 e. The highest BCUT2D eigenvalue weighted by Gasteiger charge is 2.40. The lowest BCUT2D eigenvalue weighted by Gasteiger charge is -2.28. The third kappa shape index (κ3) is 3.14. The topological polar surface area (TPSA) is 114 Å². The maximum absolute atomic E-state index is 12.4. The molecule has 1 aromatic carbocycles. The van der Waals surface area contributed by atoms with Crippen molar-refractivity contribution in [2.45, 2.75) is 38.2 Å². The van der Waals surface area contributed by atoms with Crippen molar-refractivity contribution in [2.75, 3.05) is 0 Å². The number of aliphatic hydroxyl groups is 1. The van der Waals surface area contributed by atoms with E-state index in [2.05, 4.69) is 25.3 Å². The van der Waals surface area contributed by atoms with Gasteiger partial charge in [-0.1, -0.05) is 11.2 Å². The lowest BCUT2D eigenvalue weighted by Crippen LogP contribution is -2.32. The van der Waals surface area contributed by atoms with Crippen LogP contribution in [-0.2, 0) is 5.60 Å². The van der Waals surface area contributed by atoms with Crippen molar-refractivity contribution in [3.8, 4) is 11.1 Å². The van der Waals surface area contributed by atoms with Crippen LogP contribution in [0.3, 0.4) is 0 Å². The van der Waals surface area contributed by atoms with Crippen molar-refractivity contribution in [3.63, 3.8) is 0 Å². The predicted molar refractivity (Wildman–Crippen MR) is 121 cm³/mol. The number of hydrogen-bond acceptors (Lipinski definition) is 7. The van der Waals surface area contributed by atoms with Crippen LogP contribution in [0.4, 0.5) is 0 Å². The number of nitrogens with one attached hydrogen (secondary N) is 1. The number of imidazole rings is 1. The molecular formula is C25H22N6O2. The molecule has 0 aliphatic heterocycles. The van der Waals surface area contributed by atoms with Crippen LogP contribution in [0.25, 0.3) is 22.2 Å². The van der Waals surface area contributed by atoms with Crippen molar-refractivity contribution < 1.29 is 9.63 Å².